The number of fused-ring (bicyclic) bond motifs is 1. The molecule has 0 unspecified atom stereocenters. The van der Waals surface area contributed by atoms with Crippen LogP contribution in [0.2, 0.25) is 0 Å². The molecular formula is C24H38N4O5S. The quantitative estimate of drug-likeness (QED) is 0.548. The van der Waals surface area contributed by atoms with E-state index in [9.17, 15) is 18.3 Å². The van der Waals surface area contributed by atoms with E-state index in [0.29, 0.717) is 18.7 Å². The van der Waals surface area contributed by atoms with Crippen molar-refractivity contribution in [3.05, 3.63) is 23.8 Å². The molecule has 0 aliphatic carbocycles. The largest absolute Gasteiger partial charge is 0.487 e. The maximum Gasteiger partial charge on any atom is 0.247 e. The lowest BCUT2D eigenvalue weighted by atomic mass is 10.0. The van der Waals surface area contributed by atoms with Crippen molar-refractivity contribution in [2.24, 2.45) is 5.92 Å². The van der Waals surface area contributed by atoms with Crippen molar-refractivity contribution >= 4 is 15.9 Å². The number of likely N-dealkylation sites (N-methyl/N-ethyl adjacent to an activating group) is 2. The van der Waals surface area contributed by atoms with Crippen LogP contribution in [0.1, 0.15) is 19.4 Å². The minimum absolute atomic E-state index is 0.0325. The fourth-order valence-electron chi connectivity index (χ4n) is 3.58. The molecule has 0 saturated heterocycles. The first-order valence-corrected chi connectivity index (χ1v) is 12.8. The molecule has 2 rings (SSSR count). The molecule has 0 spiro atoms. The summed E-state index contributed by atoms with van der Waals surface area (Å²) in [6, 6.07) is 4.21. The molecule has 0 saturated carbocycles. The summed E-state index contributed by atoms with van der Waals surface area (Å²) in [6.45, 7) is 4.56. The van der Waals surface area contributed by atoms with E-state index in [1.54, 1.807) is 35.9 Å². The van der Waals surface area contributed by atoms with Gasteiger partial charge in [-0.15, -0.1) is 0 Å². The van der Waals surface area contributed by atoms with Gasteiger partial charge in [0.1, 0.15) is 16.7 Å². The van der Waals surface area contributed by atoms with Crippen LogP contribution in [0.25, 0.3) is 0 Å². The number of aliphatic hydroxyl groups excluding tert-OH is 1. The van der Waals surface area contributed by atoms with E-state index in [-0.39, 0.29) is 42.2 Å². The Labute approximate surface area is 204 Å². The van der Waals surface area contributed by atoms with Crippen LogP contribution in [0.4, 0.5) is 0 Å². The SMILES string of the molecule is C[C@H](CO)N1C[C@H](C)[C@@H](CN(C)C(=O)CN(C)C)Oc2cc(C#CCN(C)C)ccc2S1(=O)=O. The molecule has 0 radical (unpaired) electrons. The number of sulfonamides is 1. The van der Waals surface area contributed by atoms with Crippen LogP contribution < -0.4 is 4.74 Å². The van der Waals surface area contributed by atoms with Gasteiger partial charge in [0, 0.05) is 31.1 Å². The van der Waals surface area contributed by atoms with Crippen molar-refractivity contribution < 1.29 is 23.1 Å². The molecule has 1 aliphatic heterocycles. The molecule has 1 amide bonds. The van der Waals surface area contributed by atoms with Crippen molar-refractivity contribution in [2.45, 2.75) is 30.9 Å². The van der Waals surface area contributed by atoms with Crippen LogP contribution in [0.15, 0.2) is 23.1 Å². The third kappa shape index (κ3) is 7.17. The normalized spacial score (nSPS) is 21.0. The summed E-state index contributed by atoms with van der Waals surface area (Å²) < 4.78 is 34.6. The average molecular weight is 495 g/mol. The van der Waals surface area contributed by atoms with E-state index < -0.39 is 22.2 Å². The number of amides is 1. The first kappa shape index (κ1) is 28.1. The van der Waals surface area contributed by atoms with Gasteiger partial charge in [0.25, 0.3) is 0 Å². The summed E-state index contributed by atoms with van der Waals surface area (Å²) in [6.07, 6.45) is -0.455. The van der Waals surface area contributed by atoms with E-state index in [1.165, 1.54) is 10.4 Å². The molecule has 1 aliphatic rings. The summed E-state index contributed by atoms with van der Waals surface area (Å²) in [5.74, 6) is 6.01. The van der Waals surface area contributed by atoms with Crippen LogP contribution in [-0.2, 0) is 14.8 Å². The Morgan fingerprint density at radius 2 is 1.91 bits per heavy atom. The molecule has 0 fully saturated rings. The van der Waals surface area contributed by atoms with Gasteiger partial charge in [0.15, 0.2) is 0 Å². The molecule has 1 heterocycles. The van der Waals surface area contributed by atoms with Crippen LogP contribution >= 0.6 is 0 Å². The highest BCUT2D eigenvalue weighted by Crippen LogP contribution is 2.34. The lowest BCUT2D eigenvalue weighted by Gasteiger charge is -2.37. The maximum absolute atomic E-state index is 13.5. The average Bonchev–Trinajstić information content (AvgIpc) is 2.74. The Morgan fingerprint density at radius 1 is 1.24 bits per heavy atom. The van der Waals surface area contributed by atoms with Gasteiger partial charge in [-0.3, -0.25) is 9.69 Å². The molecule has 10 heteroatoms. The highest BCUT2D eigenvalue weighted by atomic mass is 32.2. The zero-order valence-electron chi connectivity index (χ0n) is 21.3. The van der Waals surface area contributed by atoms with Gasteiger partial charge in [-0.05, 0) is 53.3 Å². The number of hydrogen-bond acceptors (Lipinski definition) is 7. The topological polar surface area (TPSA) is 93.6 Å². The monoisotopic (exact) mass is 494 g/mol. The number of carbonyl (C=O) groups is 1. The second-order valence-electron chi connectivity index (χ2n) is 9.45. The highest BCUT2D eigenvalue weighted by Gasteiger charge is 2.38. The number of nitrogens with zero attached hydrogens (tertiary/aromatic N) is 4. The highest BCUT2D eigenvalue weighted by molar-refractivity contribution is 7.89. The van der Waals surface area contributed by atoms with Crippen molar-refractivity contribution in [3.8, 4) is 17.6 Å². The van der Waals surface area contributed by atoms with Crippen LogP contribution in [0.5, 0.6) is 5.75 Å². The van der Waals surface area contributed by atoms with Gasteiger partial charge in [0.2, 0.25) is 15.9 Å². The Balaban J connectivity index is 2.50. The van der Waals surface area contributed by atoms with E-state index >= 15 is 0 Å². The third-order valence-corrected chi connectivity index (χ3v) is 7.65. The summed E-state index contributed by atoms with van der Waals surface area (Å²) >= 11 is 0. The minimum atomic E-state index is -3.92. The molecule has 1 N–H and O–H groups in total. The smallest absolute Gasteiger partial charge is 0.247 e. The van der Waals surface area contributed by atoms with E-state index in [0.717, 1.165) is 0 Å². The van der Waals surface area contributed by atoms with Crippen LogP contribution in [0, 0.1) is 17.8 Å². The number of rotatable bonds is 7. The van der Waals surface area contributed by atoms with E-state index in [1.807, 2.05) is 40.0 Å². The molecule has 0 aromatic heterocycles. The van der Waals surface area contributed by atoms with Gasteiger partial charge >= 0.3 is 0 Å². The molecule has 1 aromatic carbocycles. The van der Waals surface area contributed by atoms with Crippen molar-refractivity contribution in [3.63, 3.8) is 0 Å². The molecule has 0 bridgehead atoms. The minimum Gasteiger partial charge on any atom is -0.487 e. The fraction of sp³-hybridized carbons (Fsp3) is 0.625. The molecule has 190 valence electrons. The molecule has 9 nitrogen and oxygen atoms in total. The summed E-state index contributed by atoms with van der Waals surface area (Å²) in [7, 11) is 5.29. The predicted octanol–water partition coefficient (Wildman–Crippen LogP) is 0.388. The summed E-state index contributed by atoms with van der Waals surface area (Å²) in [4.78, 5) is 17.9. The number of aliphatic hydroxyl groups is 1. The lowest BCUT2D eigenvalue weighted by molar-refractivity contribution is -0.132. The first-order chi connectivity index (χ1) is 15.9. The van der Waals surface area contributed by atoms with Crippen molar-refractivity contribution in [2.75, 3.05) is 68.0 Å². The summed E-state index contributed by atoms with van der Waals surface area (Å²) in [5.41, 5.74) is 0.640. The van der Waals surface area contributed by atoms with Crippen molar-refractivity contribution in [1.82, 2.24) is 19.0 Å². The van der Waals surface area contributed by atoms with Crippen LogP contribution in [0.3, 0.4) is 0 Å². The Hall–Kier alpha value is -2.16. The Bertz CT molecular complexity index is 1020. The summed E-state index contributed by atoms with van der Waals surface area (Å²) in [5, 5.41) is 9.75. The second kappa shape index (κ2) is 12.0. The molecule has 1 aromatic rings. The lowest BCUT2D eigenvalue weighted by Crippen LogP contribution is -2.50. The Kier molecular flexibility index (Phi) is 9.91. The standard InChI is InChI=1S/C24H38N4O5S/c1-18-14-28(19(2)17-29)34(31,32)23-11-10-20(9-8-12-25(3)4)13-21(23)33-22(18)15-27(7)24(30)16-26(5)6/h10-11,13,18-19,22,29H,12,14-17H2,1-7H3/t18-,19+,22+/m0/s1. The molecule has 3 atom stereocenters. The van der Waals surface area contributed by atoms with Crippen molar-refractivity contribution in [1.29, 1.82) is 0 Å². The van der Waals surface area contributed by atoms with E-state index in [4.69, 9.17) is 4.74 Å². The zero-order valence-corrected chi connectivity index (χ0v) is 22.1. The zero-order chi connectivity index (χ0) is 25.6. The van der Waals surface area contributed by atoms with E-state index in [2.05, 4.69) is 11.8 Å². The molecular weight excluding hydrogens is 456 g/mol. The Morgan fingerprint density at radius 3 is 2.50 bits per heavy atom. The fourth-order valence-corrected chi connectivity index (χ4v) is 5.41. The third-order valence-electron chi connectivity index (χ3n) is 5.63. The van der Waals surface area contributed by atoms with Gasteiger partial charge in [-0.25, -0.2) is 8.42 Å². The first-order valence-electron chi connectivity index (χ1n) is 11.3. The predicted molar refractivity (Wildman–Crippen MR) is 132 cm³/mol. The van der Waals surface area contributed by atoms with Crippen LogP contribution in [-0.4, -0.2) is 119 Å². The van der Waals surface area contributed by atoms with Gasteiger partial charge in [-0.2, -0.15) is 4.31 Å². The van der Waals surface area contributed by atoms with Gasteiger partial charge in [0.05, 0.1) is 26.2 Å². The van der Waals surface area contributed by atoms with Gasteiger partial charge < -0.3 is 19.6 Å². The molecule has 34 heavy (non-hydrogen) atoms. The number of hydrogen-bond donors (Lipinski definition) is 1. The number of benzene rings is 1. The maximum atomic E-state index is 13.5. The number of ether oxygens (including phenoxy) is 1. The van der Waals surface area contributed by atoms with Gasteiger partial charge in [-0.1, -0.05) is 18.8 Å². The second-order valence-corrected chi connectivity index (χ2v) is 11.3. The number of carbonyl (C=O) groups excluding carboxylic acids is 1.